The molecule has 1 saturated heterocycles. The molecule has 0 spiro atoms. The zero-order valence-corrected chi connectivity index (χ0v) is 15.7. The second-order valence-electron chi connectivity index (χ2n) is 8.05. The highest BCUT2D eigenvalue weighted by molar-refractivity contribution is 5.68. The fourth-order valence-corrected chi connectivity index (χ4v) is 2.09. The van der Waals surface area contributed by atoms with Gasteiger partial charge in [-0.2, -0.15) is 0 Å². The van der Waals surface area contributed by atoms with Gasteiger partial charge >= 0.3 is 12.2 Å². The molecule has 1 aliphatic rings. The van der Waals surface area contributed by atoms with Crippen LogP contribution in [0, 0.1) is 0 Å². The molecule has 7 heteroatoms. The van der Waals surface area contributed by atoms with Gasteiger partial charge in [-0.1, -0.05) is 0 Å². The minimum absolute atomic E-state index is 0.0543. The number of epoxide rings is 1. The topological polar surface area (TPSA) is 89.2 Å². The van der Waals surface area contributed by atoms with Crippen LogP contribution >= 0.6 is 0 Å². The van der Waals surface area contributed by atoms with Gasteiger partial charge in [0.15, 0.2) is 0 Å². The van der Waals surface area contributed by atoms with E-state index in [0.29, 0.717) is 13.2 Å². The first-order valence-corrected chi connectivity index (χ1v) is 8.54. The fraction of sp³-hybridized carbons (Fsp3) is 0.882. The van der Waals surface area contributed by atoms with Gasteiger partial charge in [0, 0.05) is 6.54 Å². The Hall–Kier alpha value is -1.50. The largest absolute Gasteiger partial charge is 0.444 e. The fourth-order valence-electron chi connectivity index (χ4n) is 2.09. The maximum absolute atomic E-state index is 11.8. The minimum Gasteiger partial charge on any atom is -0.444 e. The molecule has 2 N–H and O–H groups in total. The summed E-state index contributed by atoms with van der Waals surface area (Å²) in [5.74, 6) is 0. The molecule has 0 radical (unpaired) electrons. The minimum atomic E-state index is -0.517. The van der Waals surface area contributed by atoms with E-state index in [1.807, 2.05) is 41.5 Å². The summed E-state index contributed by atoms with van der Waals surface area (Å²) in [4.78, 5) is 23.4. The Morgan fingerprint density at radius 1 is 1.04 bits per heavy atom. The first kappa shape index (κ1) is 20.5. The van der Waals surface area contributed by atoms with Crippen LogP contribution in [0.2, 0.25) is 0 Å². The van der Waals surface area contributed by atoms with Crippen molar-refractivity contribution in [1.29, 1.82) is 0 Å². The Bertz CT molecular complexity index is 422. The standard InChI is InChI=1S/C17H32N2O5/c1-16(2,3)23-14(20)18-10-8-7-9-12(13-11-22-13)19-15(21)24-17(4,5)6/h12-13H,7-11H2,1-6H3,(H,18,20)(H,19,21)/t12-,13+/m0/s1. The maximum atomic E-state index is 11.8. The molecule has 7 nitrogen and oxygen atoms in total. The molecule has 24 heavy (non-hydrogen) atoms. The third-order valence-corrected chi connectivity index (χ3v) is 3.12. The zero-order valence-electron chi connectivity index (χ0n) is 15.7. The van der Waals surface area contributed by atoms with Crippen molar-refractivity contribution in [3.63, 3.8) is 0 Å². The van der Waals surface area contributed by atoms with Crippen molar-refractivity contribution in [1.82, 2.24) is 10.6 Å². The van der Waals surface area contributed by atoms with E-state index in [1.165, 1.54) is 0 Å². The number of hydrogen-bond acceptors (Lipinski definition) is 5. The van der Waals surface area contributed by atoms with Crippen LogP contribution in [0.15, 0.2) is 0 Å². The predicted molar refractivity (Wildman–Crippen MR) is 91.0 cm³/mol. The quantitative estimate of drug-likeness (QED) is 0.547. The summed E-state index contributed by atoms with van der Waals surface area (Å²) >= 11 is 0. The lowest BCUT2D eigenvalue weighted by atomic mass is 10.1. The average Bonchev–Trinajstić information content (AvgIpc) is 3.16. The van der Waals surface area contributed by atoms with E-state index in [1.54, 1.807) is 0 Å². The summed E-state index contributed by atoms with van der Waals surface area (Å²) in [6, 6.07) is -0.0543. The molecule has 0 aromatic carbocycles. The molecule has 2 amide bonds. The molecule has 1 aliphatic heterocycles. The van der Waals surface area contributed by atoms with Crippen molar-refractivity contribution in [3.05, 3.63) is 0 Å². The Labute approximate surface area is 144 Å². The van der Waals surface area contributed by atoms with Crippen molar-refractivity contribution < 1.29 is 23.8 Å². The molecule has 1 fully saturated rings. The number of carbonyl (C=O) groups is 2. The van der Waals surface area contributed by atoms with Crippen LogP contribution in [0.4, 0.5) is 9.59 Å². The molecule has 0 aromatic rings. The zero-order chi connectivity index (χ0) is 18.4. The van der Waals surface area contributed by atoms with Crippen LogP contribution in [0.3, 0.4) is 0 Å². The van der Waals surface area contributed by atoms with E-state index in [9.17, 15) is 9.59 Å². The van der Waals surface area contributed by atoms with E-state index in [-0.39, 0.29) is 12.1 Å². The molecule has 0 bridgehead atoms. The Kier molecular flexibility index (Phi) is 7.32. The second kappa shape index (κ2) is 8.55. The van der Waals surface area contributed by atoms with Gasteiger partial charge in [-0.3, -0.25) is 0 Å². The number of unbranched alkanes of at least 4 members (excludes halogenated alkanes) is 1. The van der Waals surface area contributed by atoms with Crippen LogP contribution < -0.4 is 10.6 Å². The van der Waals surface area contributed by atoms with Crippen LogP contribution in [0.5, 0.6) is 0 Å². The number of ether oxygens (including phenoxy) is 3. The van der Waals surface area contributed by atoms with Gasteiger partial charge in [-0.15, -0.1) is 0 Å². The van der Waals surface area contributed by atoms with Gasteiger partial charge in [-0.05, 0) is 60.8 Å². The van der Waals surface area contributed by atoms with Crippen molar-refractivity contribution in [2.75, 3.05) is 13.2 Å². The number of alkyl carbamates (subject to hydrolysis) is 2. The molecule has 1 heterocycles. The summed E-state index contributed by atoms with van der Waals surface area (Å²) in [6.07, 6.45) is 1.68. The molecule has 0 aliphatic carbocycles. The molecule has 0 unspecified atom stereocenters. The molecule has 2 atom stereocenters. The van der Waals surface area contributed by atoms with Crippen molar-refractivity contribution in [3.8, 4) is 0 Å². The van der Waals surface area contributed by atoms with Crippen molar-refractivity contribution in [2.24, 2.45) is 0 Å². The number of nitrogens with one attached hydrogen (secondary N) is 2. The Balaban J connectivity index is 2.21. The number of carbonyl (C=O) groups excluding carboxylic acids is 2. The van der Waals surface area contributed by atoms with E-state index < -0.39 is 23.4 Å². The van der Waals surface area contributed by atoms with E-state index >= 15 is 0 Å². The van der Waals surface area contributed by atoms with Crippen molar-refractivity contribution in [2.45, 2.75) is 84.2 Å². The summed E-state index contributed by atoms with van der Waals surface area (Å²) < 4.78 is 15.7. The lowest BCUT2D eigenvalue weighted by Gasteiger charge is -2.23. The Morgan fingerprint density at radius 2 is 1.58 bits per heavy atom. The summed E-state index contributed by atoms with van der Waals surface area (Å²) in [5.41, 5.74) is -1.01. The summed E-state index contributed by atoms with van der Waals surface area (Å²) in [6.45, 7) is 12.2. The van der Waals surface area contributed by atoms with Crippen LogP contribution in [-0.4, -0.2) is 48.7 Å². The molecular formula is C17H32N2O5. The molecular weight excluding hydrogens is 312 g/mol. The summed E-state index contributed by atoms with van der Waals surface area (Å²) in [7, 11) is 0. The lowest BCUT2D eigenvalue weighted by Crippen LogP contribution is -2.42. The van der Waals surface area contributed by atoms with Crippen LogP contribution in [0.1, 0.15) is 60.8 Å². The molecule has 1 rings (SSSR count). The average molecular weight is 344 g/mol. The summed E-state index contributed by atoms with van der Waals surface area (Å²) in [5, 5.41) is 5.59. The van der Waals surface area contributed by atoms with Gasteiger partial charge < -0.3 is 24.8 Å². The monoisotopic (exact) mass is 344 g/mol. The molecule has 0 aromatic heterocycles. The number of hydrogen-bond donors (Lipinski definition) is 2. The van der Waals surface area contributed by atoms with Gasteiger partial charge in [0.2, 0.25) is 0 Å². The number of amides is 2. The van der Waals surface area contributed by atoms with Crippen LogP contribution in [-0.2, 0) is 14.2 Å². The first-order chi connectivity index (χ1) is 11.0. The van der Waals surface area contributed by atoms with E-state index in [4.69, 9.17) is 14.2 Å². The maximum Gasteiger partial charge on any atom is 0.407 e. The van der Waals surface area contributed by atoms with Gasteiger partial charge in [-0.25, -0.2) is 9.59 Å². The van der Waals surface area contributed by atoms with Gasteiger partial charge in [0.05, 0.1) is 12.6 Å². The second-order valence-corrected chi connectivity index (χ2v) is 8.05. The third kappa shape index (κ3) is 10.3. The smallest absolute Gasteiger partial charge is 0.407 e. The SMILES string of the molecule is CC(C)(C)OC(=O)NCCCC[C@H](NC(=O)OC(C)(C)C)[C@H]1CO1. The highest BCUT2D eigenvalue weighted by Gasteiger charge is 2.34. The predicted octanol–water partition coefficient (Wildman–Crippen LogP) is 2.97. The normalized spacial score (nSPS) is 18.5. The molecule has 140 valence electrons. The van der Waals surface area contributed by atoms with E-state index in [0.717, 1.165) is 19.3 Å². The Morgan fingerprint density at radius 3 is 2.08 bits per heavy atom. The van der Waals surface area contributed by atoms with Crippen molar-refractivity contribution >= 4 is 12.2 Å². The highest BCUT2D eigenvalue weighted by Crippen LogP contribution is 2.19. The highest BCUT2D eigenvalue weighted by atomic mass is 16.6. The third-order valence-electron chi connectivity index (χ3n) is 3.12. The number of rotatable bonds is 7. The van der Waals surface area contributed by atoms with E-state index in [2.05, 4.69) is 10.6 Å². The first-order valence-electron chi connectivity index (χ1n) is 8.54. The molecule has 0 saturated carbocycles. The lowest BCUT2D eigenvalue weighted by molar-refractivity contribution is 0.0490. The van der Waals surface area contributed by atoms with Gasteiger partial charge in [0.25, 0.3) is 0 Å². The van der Waals surface area contributed by atoms with Crippen LogP contribution in [0.25, 0.3) is 0 Å². The van der Waals surface area contributed by atoms with Gasteiger partial charge in [0.1, 0.15) is 17.3 Å².